The molecule has 0 radical (unpaired) electrons. The first-order chi connectivity index (χ1) is 12.2. The fourth-order valence-corrected chi connectivity index (χ4v) is 2.89. The van der Waals surface area contributed by atoms with Gasteiger partial charge in [-0.05, 0) is 35.4 Å². The Balaban J connectivity index is 1.76. The Kier molecular flexibility index (Phi) is 5.69. The molecular formula is C21H19ClFNO. The Morgan fingerprint density at radius 3 is 2.32 bits per heavy atom. The van der Waals surface area contributed by atoms with Crippen LogP contribution in [0, 0.1) is 5.82 Å². The van der Waals surface area contributed by atoms with E-state index in [1.165, 1.54) is 12.1 Å². The summed E-state index contributed by atoms with van der Waals surface area (Å²) in [6, 6.07) is 20.3. The van der Waals surface area contributed by atoms with Crippen molar-refractivity contribution in [3.8, 4) is 16.9 Å². The predicted molar refractivity (Wildman–Crippen MR) is 100 cm³/mol. The molecule has 0 atom stereocenters. The van der Waals surface area contributed by atoms with Gasteiger partial charge in [0.25, 0.3) is 0 Å². The van der Waals surface area contributed by atoms with Gasteiger partial charge in [-0.1, -0.05) is 54.1 Å². The molecule has 1 N–H and O–H groups in total. The molecule has 0 saturated heterocycles. The number of benzene rings is 3. The van der Waals surface area contributed by atoms with Gasteiger partial charge >= 0.3 is 0 Å². The standard InChI is InChI=1S/C21H19ClFNO/c1-25-21-17(14-24-13-15-5-11-19(23)12-6-15)3-2-4-20(21)16-7-9-18(22)10-8-16/h2-12,24H,13-14H2,1H3. The fraction of sp³-hybridized carbons (Fsp3) is 0.143. The third-order valence-electron chi connectivity index (χ3n) is 4.01. The van der Waals surface area contributed by atoms with Crippen molar-refractivity contribution in [2.45, 2.75) is 13.1 Å². The van der Waals surface area contributed by atoms with Crippen molar-refractivity contribution in [1.29, 1.82) is 0 Å². The maximum Gasteiger partial charge on any atom is 0.131 e. The molecule has 3 aromatic rings. The first-order valence-corrected chi connectivity index (χ1v) is 8.42. The molecular weight excluding hydrogens is 337 g/mol. The van der Waals surface area contributed by atoms with Crippen molar-refractivity contribution in [2.24, 2.45) is 0 Å². The lowest BCUT2D eigenvalue weighted by atomic mass is 10.0. The molecule has 0 aliphatic rings. The number of hydrogen-bond donors (Lipinski definition) is 1. The molecule has 4 heteroatoms. The summed E-state index contributed by atoms with van der Waals surface area (Å²) < 4.78 is 18.6. The van der Waals surface area contributed by atoms with Crippen LogP contribution in [0.4, 0.5) is 4.39 Å². The van der Waals surface area contributed by atoms with Crippen molar-refractivity contribution < 1.29 is 9.13 Å². The first kappa shape index (κ1) is 17.5. The number of rotatable bonds is 6. The second kappa shape index (κ2) is 8.15. The molecule has 0 amide bonds. The van der Waals surface area contributed by atoms with Crippen molar-refractivity contribution >= 4 is 11.6 Å². The van der Waals surface area contributed by atoms with Gasteiger partial charge in [0.15, 0.2) is 0 Å². The summed E-state index contributed by atoms with van der Waals surface area (Å²) in [4.78, 5) is 0. The van der Waals surface area contributed by atoms with E-state index in [9.17, 15) is 4.39 Å². The number of methoxy groups -OCH3 is 1. The first-order valence-electron chi connectivity index (χ1n) is 8.04. The predicted octanol–water partition coefficient (Wildman–Crippen LogP) is 5.44. The molecule has 3 rings (SSSR count). The summed E-state index contributed by atoms with van der Waals surface area (Å²) in [6.07, 6.45) is 0. The van der Waals surface area contributed by atoms with E-state index in [4.69, 9.17) is 16.3 Å². The Bertz CT molecular complexity index is 832. The van der Waals surface area contributed by atoms with Gasteiger partial charge < -0.3 is 10.1 Å². The SMILES string of the molecule is COc1c(CNCc2ccc(F)cc2)cccc1-c1ccc(Cl)cc1. The Morgan fingerprint density at radius 2 is 1.64 bits per heavy atom. The number of ether oxygens (including phenoxy) is 1. The Labute approximate surface area is 152 Å². The summed E-state index contributed by atoms with van der Waals surface area (Å²) in [5, 5.41) is 4.08. The second-order valence-electron chi connectivity index (χ2n) is 5.73. The summed E-state index contributed by atoms with van der Waals surface area (Å²) >= 11 is 5.98. The lowest BCUT2D eigenvalue weighted by Gasteiger charge is -2.14. The smallest absolute Gasteiger partial charge is 0.131 e. The minimum absolute atomic E-state index is 0.221. The zero-order valence-corrected chi connectivity index (χ0v) is 14.7. The highest BCUT2D eigenvalue weighted by Crippen LogP contribution is 2.33. The highest BCUT2D eigenvalue weighted by molar-refractivity contribution is 6.30. The van der Waals surface area contributed by atoms with Crippen molar-refractivity contribution in [3.05, 3.63) is 88.7 Å². The largest absolute Gasteiger partial charge is 0.496 e. The van der Waals surface area contributed by atoms with Crippen molar-refractivity contribution in [1.82, 2.24) is 5.32 Å². The minimum atomic E-state index is -0.221. The van der Waals surface area contributed by atoms with Crippen LogP contribution < -0.4 is 10.1 Å². The van der Waals surface area contributed by atoms with E-state index < -0.39 is 0 Å². The molecule has 0 unspecified atom stereocenters. The lowest BCUT2D eigenvalue weighted by Crippen LogP contribution is -2.13. The summed E-state index contributed by atoms with van der Waals surface area (Å²) in [5.74, 6) is 0.623. The number of para-hydroxylation sites is 1. The quantitative estimate of drug-likeness (QED) is 0.635. The Hall–Kier alpha value is -2.36. The normalized spacial score (nSPS) is 10.7. The lowest BCUT2D eigenvalue weighted by molar-refractivity contribution is 0.409. The van der Waals surface area contributed by atoms with E-state index >= 15 is 0 Å². The molecule has 25 heavy (non-hydrogen) atoms. The molecule has 3 aromatic carbocycles. The van der Waals surface area contributed by atoms with E-state index in [0.717, 1.165) is 28.0 Å². The van der Waals surface area contributed by atoms with Crippen LogP contribution in [0.2, 0.25) is 5.02 Å². The molecule has 0 aromatic heterocycles. The summed E-state index contributed by atoms with van der Waals surface area (Å²) in [7, 11) is 1.68. The van der Waals surface area contributed by atoms with Gasteiger partial charge in [-0.3, -0.25) is 0 Å². The maximum absolute atomic E-state index is 13.0. The summed E-state index contributed by atoms with van der Waals surface area (Å²) in [5.41, 5.74) is 4.19. The number of hydrogen-bond acceptors (Lipinski definition) is 2. The van der Waals surface area contributed by atoms with Crippen LogP contribution in [-0.4, -0.2) is 7.11 Å². The van der Waals surface area contributed by atoms with Crippen LogP contribution in [0.3, 0.4) is 0 Å². The highest BCUT2D eigenvalue weighted by Gasteiger charge is 2.10. The molecule has 0 bridgehead atoms. The van der Waals surface area contributed by atoms with Gasteiger partial charge in [-0.15, -0.1) is 0 Å². The average Bonchev–Trinajstić information content (AvgIpc) is 2.64. The third kappa shape index (κ3) is 4.38. The fourth-order valence-electron chi connectivity index (χ4n) is 2.77. The van der Waals surface area contributed by atoms with E-state index in [0.29, 0.717) is 18.1 Å². The number of nitrogens with one attached hydrogen (secondary N) is 1. The van der Waals surface area contributed by atoms with Crippen LogP contribution in [0.5, 0.6) is 5.75 Å². The van der Waals surface area contributed by atoms with E-state index in [1.54, 1.807) is 19.2 Å². The van der Waals surface area contributed by atoms with Crippen LogP contribution in [0.25, 0.3) is 11.1 Å². The molecule has 0 aliphatic heterocycles. The van der Waals surface area contributed by atoms with Gasteiger partial charge in [-0.2, -0.15) is 0 Å². The van der Waals surface area contributed by atoms with Crippen molar-refractivity contribution in [3.63, 3.8) is 0 Å². The molecule has 128 valence electrons. The molecule has 0 saturated carbocycles. The molecule has 2 nitrogen and oxygen atoms in total. The van der Waals surface area contributed by atoms with E-state index in [1.807, 2.05) is 42.5 Å². The third-order valence-corrected chi connectivity index (χ3v) is 4.27. The van der Waals surface area contributed by atoms with Crippen LogP contribution in [0.15, 0.2) is 66.7 Å². The van der Waals surface area contributed by atoms with Crippen molar-refractivity contribution in [2.75, 3.05) is 7.11 Å². The van der Waals surface area contributed by atoms with E-state index in [-0.39, 0.29) is 5.82 Å². The minimum Gasteiger partial charge on any atom is -0.496 e. The van der Waals surface area contributed by atoms with Crippen LogP contribution in [0.1, 0.15) is 11.1 Å². The zero-order valence-electron chi connectivity index (χ0n) is 13.9. The van der Waals surface area contributed by atoms with Gasteiger partial charge in [-0.25, -0.2) is 4.39 Å². The topological polar surface area (TPSA) is 21.3 Å². The van der Waals surface area contributed by atoms with E-state index in [2.05, 4.69) is 5.32 Å². The molecule has 0 fully saturated rings. The van der Waals surface area contributed by atoms with Gasteiger partial charge in [0.1, 0.15) is 11.6 Å². The zero-order chi connectivity index (χ0) is 17.6. The maximum atomic E-state index is 13.0. The highest BCUT2D eigenvalue weighted by atomic mass is 35.5. The molecule has 0 spiro atoms. The van der Waals surface area contributed by atoms with Crippen LogP contribution in [-0.2, 0) is 13.1 Å². The molecule has 0 heterocycles. The van der Waals surface area contributed by atoms with Crippen LogP contribution >= 0.6 is 11.6 Å². The summed E-state index contributed by atoms with van der Waals surface area (Å²) in [6.45, 7) is 1.32. The van der Waals surface area contributed by atoms with Gasteiger partial charge in [0.05, 0.1) is 7.11 Å². The number of halogens is 2. The van der Waals surface area contributed by atoms with Gasteiger partial charge in [0.2, 0.25) is 0 Å². The second-order valence-corrected chi connectivity index (χ2v) is 6.17. The molecule has 0 aliphatic carbocycles. The average molecular weight is 356 g/mol. The Morgan fingerprint density at radius 1 is 0.920 bits per heavy atom. The van der Waals surface area contributed by atoms with Gasteiger partial charge in [0, 0.05) is 29.2 Å². The monoisotopic (exact) mass is 355 g/mol.